The average Bonchev–Trinajstić information content (AvgIpc) is 2.64. The number of carbonyl (C=O) groups excluding carboxylic acids is 2. The fraction of sp³-hybridized carbons (Fsp3) is 0.182. The van der Waals surface area contributed by atoms with Crippen LogP contribution >= 0.6 is 11.8 Å². The van der Waals surface area contributed by atoms with E-state index in [1.807, 2.05) is 56.3 Å². The molecule has 0 saturated carbocycles. The first-order valence-corrected chi connectivity index (χ1v) is 9.95. The average molecular weight is 407 g/mol. The zero-order valence-electron chi connectivity index (χ0n) is 16.5. The number of hydrogen-bond acceptors (Lipinski definition) is 5. The van der Waals surface area contributed by atoms with Crippen LogP contribution in [0.25, 0.3) is 0 Å². The van der Waals surface area contributed by atoms with Crippen molar-refractivity contribution in [2.24, 2.45) is 0 Å². The smallest absolute Gasteiger partial charge is 0.228 e. The normalized spacial score (nSPS) is 10.4. The van der Waals surface area contributed by atoms with E-state index in [9.17, 15) is 9.59 Å². The van der Waals surface area contributed by atoms with Gasteiger partial charge in [-0.25, -0.2) is 9.97 Å². The molecule has 0 fully saturated rings. The summed E-state index contributed by atoms with van der Waals surface area (Å²) in [7, 11) is 0. The molecule has 0 aliphatic heterocycles. The summed E-state index contributed by atoms with van der Waals surface area (Å²) >= 11 is 1.49. The van der Waals surface area contributed by atoms with E-state index in [0.717, 1.165) is 27.5 Å². The van der Waals surface area contributed by atoms with Gasteiger partial charge in [0, 0.05) is 34.6 Å². The topological polar surface area (TPSA) is 84.0 Å². The molecule has 6 nitrogen and oxygen atoms in total. The van der Waals surface area contributed by atoms with Gasteiger partial charge in [-0.15, -0.1) is 0 Å². The quantitative estimate of drug-likeness (QED) is 0.594. The Kier molecular flexibility index (Phi) is 6.61. The third-order valence-corrected chi connectivity index (χ3v) is 4.82. The SMILES string of the molecule is CC(=O)Nc1ccc(CC(=O)Nc2ccc(Sc3nc(C)cc(C)n3)cc2)cc1. The first-order chi connectivity index (χ1) is 13.9. The van der Waals surface area contributed by atoms with Gasteiger partial charge in [0.1, 0.15) is 0 Å². The van der Waals surface area contributed by atoms with E-state index in [1.165, 1.54) is 18.7 Å². The van der Waals surface area contributed by atoms with Crippen LogP contribution in [0.15, 0.2) is 64.6 Å². The second-order valence-corrected chi connectivity index (χ2v) is 7.70. The van der Waals surface area contributed by atoms with E-state index >= 15 is 0 Å². The monoisotopic (exact) mass is 406 g/mol. The van der Waals surface area contributed by atoms with Crippen molar-refractivity contribution >= 4 is 35.0 Å². The van der Waals surface area contributed by atoms with Gasteiger partial charge in [-0.1, -0.05) is 12.1 Å². The highest BCUT2D eigenvalue weighted by atomic mass is 32.2. The van der Waals surface area contributed by atoms with Crippen LogP contribution in [0.3, 0.4) is 0 Å². The molecule has 0 saturated heterocycles. The van der Waals surface area contributed by atoms with Gasteiger partial charge in [0.15, 0.2) is 5.16 Å². The summed E-state index contributed by atoms with van der Waals surface area (Å²) in [5.74, 6) is -0.225. The minimum Gasteiger partial charge on any atom is -0.326 e. The summed E-state index contributed by atoms with van der Waals surface area (Å²) in [4.78, 5) is 33.2. The molecule has 0 unspecified atom stereocenters. The lowest BCUT2D eigenvalue weighted by molar-refractivity contribution is -0.116. The number of anilines is 2. The number of nitrogens with zero attached hydrogens (tertiary/aromatic N) is 2. The molecule has 2 aromatic carbocycles. The maximum atomic E-state index is 12.3. The van der Waals surface area contributed by atoms with Gasteiger partial charge >= 0.3 is 0 Å². The highest BCUT2D eigenvalue weighted by Gasteiger charge is 2.07. The van der Waals surface area contributed by atoms with Gasteiger partial charge in [-0.3, -0.25) is 9.59 Å². The van der Waals surface area contributed by atoms with Crippen molar-refractivity contribution in [2.45, 2.75) is 37.2 Å². The van der Waals surface area contributed by atoms with Crippen LogP contribution in [0, 0.1) is 13.8 Å². The number of rotatable bonds is 6. The van der Waals surface area contributed by atoms with Crippen LogP contribution < -0.4 is 10.6 Å². The Balaban J connectivity index is 1.56. The molecule has 3 rings (SSSR count). The van der Waals surface area contributed by atoms with Crippen LogP contribution in [0.4, 0.5) is 11.4 Å². The second-order valence-electron chi connectivity index (χ2n) is 6.66. The molecular formula is C22H22N4O2S. The molecule has 0 bridgehead atoms. The molecule has 2 amide bonds. The van der Waals surface area contributed by atoms with Crippen molar-refractivity contribution in [3.63, 3.8) is 0 Å². The van der Waals surface area contributed by atoms with E-state index < -0.39 is 0 Å². The van der Waals surface area contributed by atoms with Crippen LogP contribution in [-0.4, -0.2) is 21.8 Å². The Morgan fingerprint density at radius 3 is 2.00 bits per heavy atom. The van der Waals surface area contributed by atoms with E-state index in [0.29, 0.717) is 10.8 Å². The lowest BCUT2D eigenvalue weighted by Crippen LogP contribution is -2.14. The fourth-order valence-electron chi connectivity index (χ4n) is 2.75. The molecule has 0 spiro atoms. The Morgan fingerprint density at radius 1 is 0.862 bits per heavy atom. The van der Waals surface area contributed by atoms with Crippen molar-refractivity contribution in [2.75, 3.05) is 10.6 Å². The minimum atomic E-state index is -0.124. The highest BCUT2D eigenvalue weighted by molar-refractivity contribution is 7.99. The third kappa shape index (κ3) is 6.43. The van der Waals surface area contributed by atoms with Crippen LogP contribution in [0.2, 0.25) is 0 Å². The van der Waals surface area contributed by atoms with Gasteiger partial charge < -0.3 is 10.6 Å². The van der Waals surface area contributed by atoms with Crippen molar-refractivity contribution < 1.29 is 9.59 Å². The van der Waals surface area contributed by atoms with Crippen LogP contribution in [0.1, 0.15) is 23.9 Å². The minimum absolute atomic E-state index is 0.102. The number of aromatic nitrogens is 2. The lowest BCUT2D eigenvalue weighted by atomic mass is 10.1. The van der Waals surface area contributed by atoms with E-state index in [1.54, 1.807) is 12.1 Å². The molecule has 2 N–H and O–H groups in total. The van der Waals surface area contributed by atoms with E-state index in [-0.39, 0.29) is 18.2 Å². The maximum absolute atomic E-state index is 12.3. The largest absolute Gasteiger partial charge is 0.326 e. The van der Waals surface area contributed by atoms with Gasteiger partial charge in [-0.05, 0) is 73.6 Å². The Hall–Kier alpha value is -3.19. The van der Waals surface area contributed by atoms with Gasteiger partial charge in [0.25, 0.3) is 0 Å². The molecule has 29 heavy (non-hydrogen) atoms. The molecule has 0 radical (unpaired) electrons. The first kappa shape index (κ1) is 20.5. The number of nitrogens with one attached hydrogen (secondary N) is 2. The van der Waals surface area contributed by atoms with Gasteiger partial charge in [0.05, 0.1) is 6.42 Å². The number of carbonyl (C=O) groups is 2. The maximum Gasteiger partial charge on any atom is 0.228 e. The molecule has 148 valence electrons. The molecule has 7 heteroatoms. The Morgan fingerprint density at radius 2 is 1.41 bits per heavy atom. The van der Waals surface area contributed by atoms with Crippen molar-refractivity contribution in [1.82, 2.24) is 9.97 Å². The van der Waals surface area contributed by atoms with E-state index in [4.69, 9.17) is 0 Å². The predicted molar refractivity (Wildman–Crippen MR) is 115 cm³/mol. The summed E-state index contributed by atoms with van der Waals surface area (Å²) in [6, 6.07) is 16.8. The van der Waals surface area contributed by atoms with Crippen molar-refractivity contribution in [3.8, 4) is 0 Å². The van der Waals surface area contributed by atoms with E-state index in [2.05, 4.69) is 20.6 Å². The van der Waals surface area contributed by atoms with Crippen LogP contribution in [-0.2, 0) is 16.0 Å². The van der Waals surface area contributed by atoms with Crippen LogP contribution in [0.5, 0.6) is 0 Å². The molecule has 1 aromatic heterocycles. The summed E-state index contributed by atoms with van der Waals surface area (Å²) in [6.07, 6.45) is 0.257. The van der Waals surface area contributed by atoms with Gasteiger partial charge in [0.2, 0.25) is 11.8 Å². The molecule has 0 aliphatic carbocycles. The Labute approximate surface area is 174 Å². The zero-order valence-corrected chi connectivity index (χ0v) is 17.3. The van der Waals surface area contributed by atoms with Crippen molar-refractivity contribution in [1.29, 1.82) is 0 Å². The zero-order chi connectivity index (χ0) is 20.8. The number of hydrogen-bond donors (Lipinski definition) is 2. The molecule has 0 atom stereocenters. The molecule has 3 aromatic rings. The summed E-state index contributed by atoms with van der Waals surface area (Å²) in [5, 5.41) is 6.31. The Bertz CT molecular complexity index is 998. The number of amides is 2. The first-order valence-electron chi connectivity index (χ1n) is 9.14. The summed E-state index contributed by atoms with van der Waals surface area (Å²) in [5.41, 5.74) is 4.19. The molecule has 0 aliphatic rings. The third-order valence-electron chi connectivity index (χ3n) is 3.95. The fourth-order valence-corrected chi connectivity index (χ4v) is 3.61. The predicted octanol–water partition coefficient (Wildman–Crippen LogP) is 4.38. The number of aryl methyl sites for hydroxylation is 2. The summed E-state index contributed by atoms with van der Waals surface area (Å²) < 4.78 is 0. The second kappa shape index (κ2) is 9.34. The molecular weight excluding hydrogens is 384 g/mol. The standard InChI is InChI=1S/C22H22N4O2S/c1-14-12-15(2)24-22(23-14)29-20-10-8-19(9-11-20)26-21(28)13-17-4-6-18(7-5-17)25-16(3)27/h4-12H,13H2,1-3H3,(H,25,27)(H,26,28). The lowest BCUT2D eigenvalue weighted by Gasteiger charge is -2.08. The molecule has 1 heterocycles. The van der Waals surface area contributed by atoms with Gasteiger partial charge in [-0.2, -0.15) is 0 Å². The summed E-state index contributed by atoms with van der Waals surface area (Å²) in [6.45, 7) is 5.36. The highest BCUT2D eigenvalue weighted by Crippen LogP contribution is 2.26. The van der Waals surface area contributed by atoms with Crippen molar-refractivity contribution in [3.05, 3.63) is 71.5 Å². The number of benzene rings is 2.